The first-order chi connectivity index (χ1) is 10.2. The fourth-order valence-electron chi connectivity index (χ4n) is 2.44. The Morgan fingerprint density at radius 1 is 1.00 bits per heavy atom. The van der Waals surface area contributed by atoms with Gasteiger partial charge >= 0.3 is 0 Å². The molecule has 0 aliphatic carbocycles. The maximum atomic E-state index is 6.31. The molecule has 1 unspecified atom stereocenters. The zero-order chi connectivity index (χ0) is 14.7. The minimum atomic E-state index is -0.0870. The van der Waals surface area contributed by atoms with Crippen LogP contribution in [0.5, 0.6) is 0 Å². The summed E-state index contributed by atoms with van der Waals surface area (Å²) < 4.78 is 1.87. The number of para-hydroxylation sites is 1. The number of nitrogens with zero attached hydrogens (tertiary/aromatic N) is 2. The van der Waals surface area contributed by atoms with E-state index < -0.39 is 0 Å². The van der Waals surface area contributed by atoms with Gasteiger partial charge in [-0.3, -0.25) is 0 Å². The molecule has 2 N–H and O–H groups in total. The third kappa shape index (κ3) is 3.03. The fourth-order valence-corrected chi connectivity index (χ4v) is 2.44. The van der Waals surface area contributed by atoms with E-state index in [0.29, 0.717) is 0 Å². The summed E-state index contributed by atoms with van der Waals surface area (Å²) in [6.07, 6.45) is 2.76. The van der Waals surface area contributed by atoms with Crippen molar-refractivity contribution in [3.8, 4) is 5.69 Å². The highest BCUT2D eigenvalue weighted by Crippen LogP contribution is 2.18. The molecule has 0 spiro atoms. The Morgan fingerprint density at radius 3 is 2.48 bits per heavy atom. The van der Waals surface area contributed by atoms with Crippen molar-refractivity contribution in [2.24, 2.45) is 5.73 Å². The third-order valence-electron chi connectivity index (χ3n) is 3.71. The van der Waals surface area contributed by atoms with Crippen LogP contribution in [0.4, 0.5) is 0 Å². The second-order valence-electron chi connectivity index (χ2n) is 5.26. The molecule has 106 valence electrons. The highest BCUT2D eigenvalue weighted by Gasteiger charge is 2.12. The van der Waals surface area contributed by atoms with Gasteiger partial charge in [-0.25, -0.2) is 4.68 Å². The fraction of sp³-hybridized carbons (Fsp3) is 0.167. The molecule has 0 aliphatic rings. The van der Waals surface area contributed by atoms with Crippen molar-refractivity contribution in [3.05, 3.63) is 83.7 Å². The van der Waals surface area contributed by atoms with E-state index in [4.69, 9.17) is 5.73 Å². The van der Waals surface area contributed by atoms with Gasteiger partial charge in [0.2, 0.25) is 0 Å². The molecule has 1 heterocycles. The molecule has 0 bridgehead atoms. The van der Waals surface area contributed by atoms with Crippen LogP contribution in [-0.4, -0.2) is 9.78 Å². The number of hydrogen-bond acceptors (Lipinski definition) is 2. The predicted molar refractivity (Wildman–Crippen MR) is 85.4 cm³/mol. The lowest BCUT2D eigenvalue weighted by Crippen LogP contribution is -2.15. The average Bonchev–Trinajstić information content (AvgIpc) is 3.00. The number of nitrogens with two attached hydrogens (primary N) is 1. The minimum absolute atomic E-state index is 0.0870. The molecule has 3 rings (SSSR count). The van der Waals surface area contributed by atoms with Crippen LogP contribution >= 0.6 is 0 Å². The summed E-state index contributed by atoms with van der Waals surface area (Å²) in [4.78, 5) is 0. The highest BCUT2D eigenvalue weighted by atomic mass is 15.3. The first-order valence-corrected chi connectivity index (χ1v) is 7.15. The van der Waals surface area contributed by atoms with Crippen molar-refractivity contribution in [1.82, 2.24) is 9.78 Å². The minimum Gasteiger partial charge on any atom is -0.322 e. The maximum Gasteiger partial charge on any atom is 0.0799 e. The Bertz CT molecular complexity index is 716. The summed E-state index contributed by atoms with van der Waals surface area (Å²) in [6, 6.07) is 20.3. The number of aromatic nitrogens is 2. The van der Waals surface area contributed by atoms with Crippen molar-refractivity contribution in [3.63, 3.8) is 0 Å². The summed E-state index contributed by atoms with van der Waals surface area (Å²) in [6.45, 7) is 2.12. The summed E-state index contributed by atoms with van der Waals surface area (Å²) in [5.41, 5.74) is 10.8. The first-order valence-electron chi connectivity index (χ1n) is 7.15. The van der Waals surface area contributed by atoms with Gasteiger partial charge < -0.3 is 5.73 Å². The van der Waals surface area contributed by atoms with E-state index in [-0.39, 0.29) is 6.04 Å². The van der Waals surface area contributed by atoms with Crippen molar-refractivity contribution in [2.75, 3.05) is 0 Å². The van der Waals surface area contributed by atoms with Crippen LogP contribution < -0.4 is 5.73 Å². The molecular formula is C18H19N3. The highest BCUT2D eigenvalue weighted by molar-refractivity contribution is 5.31. The van der Waals surface area contributed by atoms with Crippen molar-refractivity contribution in [1.29, 1.82) is 0 Å². The Kier molecular flexibility index (Phi) is 3.84. The summed E-state index contributed by atoms with van der Waals surface area (Å²) in [5.74, 6) is 0. The van der Waals surface area contributed by atoms with Crippen LogP contribution in [0.25, 0.3) is 5.69 Å². The van der Waals surface area contributed by atoms with Crippen LogP contribution in [0, 0.1) is 6.92 Å². The molecule has 1 aromatic heterocycles. The molecule has 3 nitrogen and oxygen atoms in total. The zero-order valence-electron chi connectivity index (χ0n) is 12.1. The van der Waals surface area contributed by atoms with Gasteiger partial charge in [0.15, 0.2) is 0 Å². The van der Waals surface area contributed by atoms with Crippen LogP contribution in [0.1, 0.15) is 22.9 Å². The van der Waals surface area contributed by atoms with E-state index in [1.807, 2.05) is 47.3 Å². The lowest BCUT2D eigenvalue weighted by molar-refractivity contribution is 0.676. The second-order valence-corrected chi connectivity index (χ2v) is 5.26. The monoisotopic (exact) mass is 277 g/mol. The van der Waals surface area contributed by atoms with Gasteiger partial charge in [0.05, 0.1) is 17.4 Å². The van der Waals surface area contributed by atoms with E-state index in [2.05, 4.69) is 36.3 Å². The van der Waals surface area contributed by atoms with Gasteiger partial charge in [-0.15, -0.1) is 0 Å². The molecule has 1 atom stereocenters. The van der Waals surface area contributed by atoms with E-state index in [1.165, 1.54) is 11.1 Å². The van der Waals surface area contributed by atoms with Crippen LogP contribution in [0.3, 0.4) is 0 Å². The van der Waals surface area contributed by atoms with Crippen molar-refractivity contribution >= 4 is 0 Å². The molecule has 0 amide bonds. The SMILES string of the molecule is Cc1ccccc1CC(N)c1ccn(-c2ccccc2)n1. The van der Waals surface area contributed by atoms with Crippen LogP contribution in [-0.2, 0) is 6.42 Å². The lowest BCUT2D eigenvalue weighted by atomic mass is 10.00. The van der Waals surface area contributed by atoms with Gasteiger partial charge in [0.1, 0.15) is 0 Å². The Morgan fingerprint density at radius 2 is 1.71 bits per heavy atom. The average molecular weight is 277 g/mol. The third-order valence-corrected chi connectivity index (χ3v) is 3.71. The molecule has 0 saturated heterocycles. The van der Waals surface area contributed by atoms with Gasteiger partial charge in [-0.05, 0) is 42.7 Å². The number of aryl methyl sites for hydroxylation is 1. The van der Waals surface area contributed by atoms with Crippen molar-refractivity contribution in [2.45, 2.75) is 19.4 Å². The van der Waals surface area contributed by atoms with Gasteiger partial charge in [0.25, 0.3) is 0 Å². The molecule has 3 aromatic rings. The predicted octanol–water partition coefficient (Wildman–Crippen LogP) is 3.42. The number of hydrogen-bond donors (Lipinski definition) is 1. The standard InChI is InChI=1S/C18H19N3/c1-14-7-5-6-8-15(14)13-17(19)18-11-12-21(20-18)16-9-3-2-4-10-16/h2-12,17H,13,19H2,1H3. The normalized spacial score (nSPS) is 12.3. The van der Waals surface area contributed by atoms with Crippen LogP contribution in [0.15, 0.2) is 66.9 Å². The van der Waals surface area contributed by atoms with Crippen LogP contribution in [0.2, 0.25) is 0 Å². The maximum absolute atomic E-state index is 6.31. The smallest absolute Gasteiger partial charge is 0.0799 e. The second kappa shape index (κ2) is 5.94. The number of benzene rings is 2. The zero-order valence-corrected chi connectivity index (χ0v) is 12.1. The van der Waals surface area contributed by atoms with Crippen molar-refractivity contribution < 1.29 is 0 Å². The molecule has 3 heteroatoms. The molecule has 0 radical (unpaired) electrons. The lowest BCUT2D eigenvalue weighted by Gasteiger charge is -2.11. The van der Waals surface area contributed by atoms with Gasteiger partial charge in [-0.1, -0.05) is 42.5 Å². The first kappa shape index (κ1) is 13.6. The quantitative estimate of drug-likeness (QED) is 0.794. The number of rotatable bonds is 4. The molecular weight excluding hydrogens is 258 g/mol. The van der Waals surface area contributed by atoms with E-state index in [0.717, 1.165) is 17.8 Å². The molecule has 0 saturated carbocycles. The largest absolute Gasteiger partial charge is 0.322 e. The summed E-state index contributed by atoms with van der Waals surface area (Å²) >= 11 is 0. The van der Waals surface area contributed by atoms with Gasteiger partial charge in [-0.2, -0.15) is 5.10 Å². The molecule has 0 fully saturated rings. The van der Waals surface area contributed by atoms with Gasteiger partial charge in [0, 0.05) is 6.20 Å². The Hall–Kier alpha value is -2.39. The molecule has 2 aromatic carbocycles. The topological polar surface area (TPSA) is 43.8 Å². The molecule has 0 aliphatic heterocycles. The van der Waals surface area contributed by atoms with E-state index >= 15 is 0 Å². The summed E-state index contributed by atoms with van der Waals surface area (Å²) in [7, 11) is 0. The Balaban J connectivity index is 1.79. The van der Waals surface area contributed by atoms with E-state index in [9.17, 15) is 0 Å². The molecule has 21 heavy (non-hydrogen) atoms. The summed E-state index contributed by atoms with van der Waals surface area (Å²) in [5, 5.41) is 4.60. The van der Waals surface area contributed by atoms with E-state index in [1.54, 1.807) is 0 Å². The Labute approximate surface area is 125 Å².